The molecule has 0 bridgehead atoms. The van der Waals surface area contributed by atoms with Gasteiger partial charge in [-0.3, -0.25) is 0 Å². The van der Waals surface area contributed by atoms with Crippen LogP contribution in [0.25, 0.3) is 0 Å². The summed E-state index contributed by atoms with van der Waals surface area (Å²) >= 11 is 3.08. The summed E-state index contributed by atoms with van der Waals surface area (Å²) in [5, 5.41) is 8.53. The highest BCUT2D eigenvalue weighted by Gasteiger charge is 2.03. The van der Waals surface area contributed by atoms with Crippen LogP contribution < -0.4 is 0 Å². The van der Waals surface area contributed by atoms with Crippen LogP contribution >= 0.6 is 15.9 Å². The van der Waals surface area contributed by atoms with E-state index >= 15 is 0 Å². The summed E-state index contributed by atoms with van der Waals surface area (Å²) in [5.41, 5.74) is 0.952. The molecule has 0 aromatic heterocycles. The van der Waals surface area contributed by atoms with Crippen molar-refractivity contribution in [1.82, 2.24) is 0 Å². The van der Waals surface area contributed by atoms with Crippen molar-refractivity contribution in [2.24, 2.45) is 0 Å². The van der Waals surface area contributed by atoms with Gasteiger partial charge >= 0.3 is 0 Å². The number of nitrogens with zero attached hydrogens (tertiary/aromatic N) is 1. The zero-order valence-electron chi connectivity index (χ0n) is 5.86. The number of nitriles is 1. The standard InChI is InChI=1S/C8H5BrFN/c1-5-2-6(4-11)7(9)3-8(5)10/h2-3H,1H3. The van der Waals surface area contributed by atoms with Crippen molar-refractivity contribution in [2.75, 3.05) is 0 Å². The van der Waals surface area contributed by atoms with E-state index in [2.05, 4.69) is 15.9 Å². The van der Waals surface area contributed by atoms with Gasteiger partial charge in [-0.15, -0.1) is 0 Å². The van der Waals surface area contributed by atoms with Crippen LogP contribution in [0.15, 0.2) is 16.6 Å². The van der Waals surface area contributed by atoms with E-state index in [0.29, 0.717) is 15.6 Å². The first-order valence-corrected chi connectivity index (χ1v) is 3.80. The van der Waals surface area contributed by atoms with Gasteiger partial charge in [-0.25, -0.2) is 4.39 Å². The molecule has 0 heterocycles. The molecule has 0 aliphatic heterocycles. The fourth-order valence-electron chi connectivity index (χ4n) is 0.743. The van der Waals surface area contributed by atoms with E-state index in [4.69, 9.17) is 5.26 Å². The lowest BCUT2D eigenvalue weighted by atomic mass is 10.1. The maximum atomic E-state index is 12.8. The Hall–Kier alpha value is -0.880. The van der Waals surface area contributed by atoms with E-state index in [1.54, 1.807) is 6.92 Å². The second-order valence-electron chi connectivity index (χ2n) is 2.19. The summed E-state index contributed by atoms with van der Waals surface area (Å²) in [6.45, 7) is 1.63. The molecule has 0 aliphatic rings. The largest absolute Gasteiger partial charge is 0.207 e. The lowest BCUT2D eigenvalue weighted by molar-refractivity contribution is 0.617. The molecule has 0 radical (unpaired) electrons. The van der Waals surface area contributed by atoms with Crippen molar-refractivity contribution in [1.29, 1.82) is 5.26 Å². The van der Waals surface area contributed by atoms with Gasteiger partial charge in [0.05, 0.1) is 5.56 Å². The number of hydrogen-bond donors (Lipinski definition) is 0. The van der Waals surface area contributed by atoms with E-state index in [-0.39, 0.29) is 5.82 Å². The van der Waals surface area contributed by atoms with Gasteiger partial charge in [0.2, 0.25) is 0 Å². The Labute approximate surface area is 72.6 Å². The van der Waals surface area contributed by atoms with Gasteiger partial charge in [0.25, 0.3) is 0 Å². The molecular weight excluding hydrogens is 209 g/mol. The molecule has 1 aromatic rings. The van der Waals surface area contributed by atoms with Crippen molar-refractivity contribution >= 4 is 15.9 Å². The lowest BCUT2D eigenvalue weighted by Gasteiger charge is -1.98. The highest BCUT2D eigenvalue weighted by Crippen LogP contribution is 2.19. The Morgan fingerprint density at radius 3 is 2.73 bits per heavy atom. The molecule has 0 saturated heterocycles. The normalized spacial score (nSPS) is 9.27. The highest BCUT2D eigenvalue weighted by molar-refractivity contribution is 9.10. The summed E-state index contributed by atoms with van der Waals surface area (Å²) in [6, 6.07) is 4.76. The molecule has 1 aromatic carbocycles. The summed E-state index contributed by atoms with van der Waals surface area (Å²) in [7, 11) is 0. The predicted molar refractivity (Wildman–Crippen MR) is 43.6 cm³/mol. The average molecular weight is 214 g/mol. The third kappa shape index (κ3) is 1.58. The molecule has 1 rings (SSSR count). The fourth-order valence-corrected chi connectivity index (χ4v) is 1.15. The topological polar surface area (TPSA) is 23.8 Å². The van der Waals surface area contributed by atoms with E-state index in [0.717, 1.165) is 0 Å². The van der Waals surface area contributed by atoms with Crippen LogP contribution in [0.5, 0.6) is 0 Å². The Morgan fingerprint density at radius 2 is 2.18 bits per heavy atom. The SMILES string of the molecule is Cc1cc(C#N)c(Br)cc1F. The number of aryl methyl sites for hydroxylation is 1. The summed E-state index contributed by atoms with van der Waals surface area (Å²) in [6.07, 6.45) is 0. The molecule has 11 heavy (non-hydrogen) atoms. The second kappa shape index (κ2) is 3.02. The Morgan fingerprint density at radius 1 is 1.55 bits per heavy atom. The van der Waals surface area contributed by atoms with Crippen LogP contribution in [-0.4, -0.2) is 0 Å². The summed E-state index contributed by atoms with van der Waals surface area (Å²) < 4.78 is 13.3. The van der Waals surface area contributed by atoms with Gasteiger partial charge in [-0.05, 0) is 40.5 Å². The maximum Gasteiger partial charge on any atom is 0.127 e. The molecular formula is C8H5BrFN. The zero-order chi connectivity index (χ0) is 8.43. The maximum absolute atomic E-state index is 12.8. The van der Waals surface area contributed by atoms with Gasteiger partial charge in [-0.1, -0.05) is 0 Å². The van der Waals surface area contributed by atoms with E-state index in [1.165, 1.54) is 12.1 Å². The molecule has 0 N–H and O–H groups in total. The van der Waals surface area contributed by atoms with Crippen LogP contribution in [-0.2, 0) is 0 Å². The second-order valence-corrected chi connectivity index (χ2v) is 3.05. The van der Waals surface area contributed by atoms with Gasteiger partial charge in [0.1, 0.15) is 11.9 Å². The predicted octanol–water partition coefficient (Wildman–Crippen LogP) is 2.77. The van der Waals surface area contributed by atoms with Gasteiger partial charge in [-0.2, -0.15) is 5.26 Å². The molecule has 0 spiro atoms. The molecule has 1 nitrogen and oxygen atoms in total. The van der Waals surface area contributed by atoms with E-state index in [1.807, 2.05) is 6.07 Å². The Balaban J connectivity index is 3.35. The minimum Gasteiger partial charge on any atom is -0.207 e. The van der Waals surface area contributed by atoms with Crippen LogP contribution in [0.2, 0.25) is 0 Å². The molecule has 0 amide bonds. The Kier molecular flexibility index (Phi) is 2.25. The molecule has 0 unspecified atom stereocenters. The number of benzene rings is 1. The van der Waals surface area contributed by atoms with Crippen molar-refractivity contribution in [3.63, 3.8) is 0 Å². The highest BCUT2D eigenvalue weighted by atomic mass is 79.9. The molecule has 0 saturated carbocycles. The molecule has 3 heteroatoms. The quantitative estimate of drug-likeness (QED) is 0.651. The first kappa shape index (κ1) is 8.22. The van der Waals surface area contributed by atoms with Gasteiger partial charge in [0, 0.05) is 4.47 Å². The smallest absolute Gasteiger partial charge is 0.127 e. The number of halogens is 2. The van der Waals surface area contributed by atoms with E-state index in [9.17, 15) is 4.39 Å². The van der Waals surface area contributed by atoms with E-state index < -0.39 is 0 Å². The average Bonchev–Trinajstić information content (AvgIpc) is 1.97. The minimum absolute atomic E-state index is 0.295. The van der Waals surface area contributed by atoms with Crippen molar-refractivity contribution < 1.29 is 4.39 Å². The van der Waals surface area contributed by atoms with Crippen molar-refractivity contribution in [3.05, 3.63) is 33.5 Å². The van der Waals surface area contributed by atoms with Crippen LogP contribution in [0.4, 0.5) is 4.39 Å². The molecule has 0 atom stereocenters. The van der Waals surface area contributed by atoms with Crippen LogP contribution in [0, 0.1) is 24.1 Å². The van der Waals surface area contributed by atoms with Crippen LogP contribution in [0.1, 0.15) is 11.1 Å². The Bertz CT molecular complexity index is 328. The number of hydrogen-bond acceptors (Lipinski definition) is 1. The monoisotopic (exact) mass is 213 g/mol. The van der Waals surface area contributed by atoms with Crippen molar-refractivity contribution in [2.45, 2.75) is 6.92 Å². The molecule has 0 aliphatic carbocycles. The first-order valence-electron chi connectivity index (χ1n) is 3.01. The zero-order valence-corrected chi connectivity index (χ0v) is 7.44. The van der Waals surface area contributed by atoms with Crippen molar-refractivity contribution in [3.8, 4) is 6.07 Å². The van der Waals surface area contributed by atoms with Gasteiger partial charge < -0.3 is 0 Å². The lowest BCUT2D eigenvalue weighted by Crippen LogP contribution is -1.85. The fraction of sp³-hybridized carbons (Fsp3) is 0.125. The minimum atomic E-state index is -0.295. The van der Waals surface area contributed by atoms with Gasteiger partial charge in [0.15, 0.2) is 0 Å². The number of rotatable bonds is 0. The first-order chi connectivity index (χ1) is 5.15. The summed E-state index contributed by atoms with van der Waals surface area (Å²) in [4.78, 5) is 0. The summed E-state index contributed by atoms with van der Waals surface area (Å²) in [5.74, 6) is -0.295. The van der Waals surface area contributed by atoms with Crippen LogP contribution in [0.3, 0.4) is 0 Å². The molecule has 0 fully saturated rings. The third-order valence-electron chi connectivity index (χ3n) is 1.37. The third-order valence-corrected chi connectivity index (χ3v) is 2.02. The molecule has 56 valence electrons.